The molecule has 0 unspecified atom stereocenters. The Labute approximate surface area is 188 Å². The van der Waals surface area contributed by atoms with Crippen LogP contribution in [0.15, 0.2) is 52.2 Å². The Bertz CT molecular complexity index is 1310. The maximum Gasteiger partial charge on any atom is 0.342 e. The monoisotopic (exact) mass is 453 g/mol. The van der Waals surface area contributed by atoms with Crippen LogP contribution < -0.4 is 27.0 Å². The molecule has 0 aliphatic heterocycles. The van der Waals surface area contributed by atoms with Gasteiger partial charge >= 0.3 is 11.7 Å². The highest BCUT2D eigenvalue weighted by atomic mass is 16.5. The van der Waals surface area contributed by atoms with E-state index in [9.17, 15) is 19.2 Å². The molecule has 11 nitrogen and oxygen atoms in total. The van der Waals surface area contributed by atoms with Crippen LogP contribution in [-0.2, 0) is 18.8 Å². The van der Waals surface area contributed by atoms with Gasteiger partial charge in [0.2, 0.25) is 5.78 Å². The minimum absolute atomic E-state index is 0.0838. The number of esters is 1. The maximum atomic E-state index is 12.6. The van der Waals surface area contributed by atoms with Gasteiger partial charge in [-0.15, -0.1) is 0 Å². The molecular weight excluding hydrogens is 430 g/mol. The number of rotatable bonds is 8. The Balaban J connectivity index is 1.76. The summed E-state index contributed by atoms with van der Waals surface area (Å²) in [6.45, 7) is 1.68. The van der Waals surface area contributed by atoms with Crippen LogP contribution in [0.3, 0.4) is 0 Å². The predicted molar refractivity (Wildman–Crippen MR) is 121 cm³/mol. The van der Waals surface area contributed by atoms with Crippen molar-refractivity contribution in [3.8, 4) is 5.75 Å². The largest absolute Gasteiger partial charge is 0.494 e. The minimum Gasteiger partial charge on any atom is -0.494 e. The zero-order valence-electron chi connectivity index (χ0n) is 18.3. The number of aromatic nitrogens is 3. The van der Waals surface area contributed by atoms with Gasteiger partial charge in [0.05, 0.1) is 6.61 Å². The van der Waals surface area contributed by atoms with Crippen molar-refractivity contribution in [3.05, 3.63) is 74.6 Å². The molecular formula is C22H23N5O6. The molecule has 3 aromatic rings. The van der Waals surface area contributed by atoms with Crippen molar-refractivity contribution in [1.29, 1.82) is 0 Å². The lowest BCUT2D eigenvalue weighted by Gasteiger charge is -2.12. The van der Waals surface area contributed by atoms with Crippen LogP contribution in [0.25, 0.3) is 0 Å². The number of ketones is 1. The summed E-state index contributed by atoms with van der Waals surface area (Å²) in [5.41, 5.74) is 4.55. The van der Waals surface area contributed by atoms with E-state index in [2.05, 4.69) is 10.3 Å². The van der Waals surface area contributed by atoms with Gasteiger partial charge in [0, 0.05) is 26.0 Å². The van der Waals surface area contributed by atoms with E-state index in [0.29, 0.717) is 18.0 Å². The number of nitrogen functional groups attached to an aromatic ring is 1. The molecule has 0 bridgehead atoms. The van der Waals surface area contributed by atoms with E-state index in [1.807, 2.05) is 6.92 Å². The van der Waals surface area contributed by atoms with Gasteiger partial charge in [-0.3, -0.25) is 18.7 Å². The summed E-state index contributed by atoms with van der Waals surface area (Å²) in [5, 5.41) is 3.02. The fraction of sp³-hybridized carbons (Fsp3) is 0.227. The van der Waals surface area contributed by atoms with Crippen molar-refractivity contribution >= 4 is 29.1 Å². The van der Waals surface area contributed by atoms with Crippen molar-refractivity contribution in [3.63, 3.8) is 0 Å². The molecule has 0 spiro atoms. The zero-order chi connectivity index (χ0) is 24.1. The number of nitrogens with zero attached hydrogens (tertiary/aromatic N) is 3. The number of anilines is 3. The van der Waals surface area contributed by atoms with Crippen LogP contribution in [0, 0.1) is 0 Å². The Morgan fingerprint density at radius 2 is 1.79 bits per heavy atom. The lowest BCUT2D eigenvalue weighted by atomic mass is 10.2. The average molecular weight is 453 g/mol. The first-order valence-corrected chi connectivity index (χ1v) is 9.95. The normalized spacial score (nSPS) is 10.5. The van der Waals surface area contributed by atoms with Gasteiger partial charge in [0.25, 0.3) is 5.56 Å². The van der Waals surface area contributed by atoms with Crippen LogP contribution in [0.2, 0.25) is 0 Å². The number of ether oxygens (including phenoxy) is 2. The molecule has 1 aromatic carbocycles. The number of carbonyl (C=O) groups is 2. The molecule has 0 radical (unpaired) electrons. The summed E-state index contributed by atoms with van der Waals surface area (Å²) in [6, 6.07) is 10.1. The molecule has 11 heteroatoms. The molecule has 0 atom stereocenters. The highest BCUT2D eigenvalue weighted by Crippen LogP contribution is 2.22. The molecule has 3 rings (SSSR count). The van der Waals surface area contributed by atoms with E-state index in [1.54, 1.807) is 30.3 Å². The number of benzene rings is 1. The summed E-state index contributed by atoms with van der Waals surface area (Å²) in [6.07, 6.45) is 1.49. The third-order valence-corrected chi connectivity index (χ3v) is 4.78. The Morgan fingerprint density at radius 3 is 2.45 bits per heavy atom. The highest BCUT2D eigenvalue weighted by molar-refractivity contribution is 6.03. The van der Waals surface area contributed by atoms with E-state index in [1.165, 1.54) is 26.4 Å². The molecule has 0 aliphatic carbocycles. The van der Waals surface area contributed by atoms with Gasteiger partial charge < -0.3 is 20.5 Å². The van der Waals surface area contributed by atoms with Crippen LogP contribution >= 0.6 is 0 Å². The lowest BCUT2D eigenvalue weighted by molar-refractivity contribution is 0.0475. The number of hydrogen-bond acceptors (Lipinski definition) is 9. The van der Waals surface area contributed by atoms with Crippen LogP contribution in [0.5, 0.6) is 5.75 Å². The second kappa shape index (κ2) is 9.81. The van der Waals surface area contributed by atoms with Gasteiger partial charge in [-0.1, -0.05) is 0 Å². The van der Waals surface area contributed by atoms with E-state index in [4.69, 9.17) is 15.2 Å². The predicted octanol–water partition coefficient (Wildman–Crippen LogP) is 1.24. The number of nitrogens with two attached hydrogens (primary N) is 1. The smallest absolute Gasteiger partial charge is 0.342 e. The Hall–Kier alpha value is -4.41. The Kier molecular flexibility index (Phi) is 6.91. The molecule has 3 N–H and O–H groups in total. The zero-order valence-corrected chi connectivity index (χ0v) is 18.3. The number of hydrogen-bond donors (Lipinski definition) is 2. The van der Waals surface area contributed by atoms with Gasteiger partial charge in [-0.2, -0.15) is 0 Å². The second-order valence-corrected chi connectivity index (χ2v) is 6.95. The van der Waals surface area contributed by atoms with Crippen LogP contribution in [0.1, 0.15) is 27.6 Å². The van der Waals surface area contributed by atoms with Gasteiger partial charge in [-0.25, -0.2) is 14.6 Å². The van der Waals surface area contributed by atoms with E-state index in [-0.39, 0.29) is 17.2 Å². The molecule has 0 saturated heterocycles. The van der Waals surface area contributed by atoms with Crippen LogP contribution in [-0.4, -0.2) is 39.1 Å². The summed E-state index contributed by atoms with van der Waals surface area (Å²) < 4.78 is 12.2. The molecule has 0 saturated carbocycles. The van der Waals surface area contributed by atoms with E-state index < -0.39 is 35.2 Å². The molecule has 0 aliphatic rings. The summed E-state index contributed by atoms with van der Waals surface area (Å²) in [7, 11) is 2.55. The number of carbonyl (C=O) groups excluding carboxylic acids is 2. The average Bonchev–Trinajstić information content (AvgIpc) is 2.82. The Morgan fingerprint density at radius 1 is 1.09 bits per heavy atom. The van der Waals surface area contributed by atoms with Gasteiger partial charge in [0.15, 0.2) is 6.61 Å². The summed E-state index contributed by atoms with van der Waals surface area (Å²) >= 11 is 0. The van der Waals surface area contributed by atoms with Gasteiger partial charge in [-0.05, 0) is 43.3 Å². The quantitative estimate of drug-likeness (QED) is 0.380. The van der Waals surface area contributed by atoms with Crippen molar-refractivity contribution in [2.24, 2.45) is 14.1 Å². The molecule has 0 fully saturated rings. The molecule has 2 aromatic heterocycles. The first-order chi connectivity index (χ1) is 15.7. The lowest BCUT2D eigenvalue weighted by Crippen LogP contribution is -2.42. The topological polar surface area (TPSA) is 148 Å². The van der Waals surface area contributed by atoms with Crippen molar-refractivity contribution in [2.45, 2.75) is 6.92 Å². The first kappa shape index (κ1) is 23.3. The van der Waals surface area contributed by atoms with Crippen LogP contribution in [0.4, 0.5) is 17.3 Å². The van der Waals surface area contributed by atoms with Crippen molar-refractivity contribution < 1.29 is 19.1 Å². The maximum absolute atomic E-state index is 12.6. The fourth-order valence-corrected chi connectivity index (χ4v) is 3.01. The SMILES string of the molecule is CCOc1ccc(Nc2ncccc2C(=O)OCC(=O)c2c(N)n(C)c(=O)n(C)c2=O)cc1. The van der Waals surface area contributed by atoms with E-state index in [0.717, 1.165) is 9.13 Å². The first-order valence-electron chi connectivity index (χ1n) is 9.95. The summed E-state index contributed by atoms with van der Waals surface area (Å²) in [5.74, 6) is -1.04. The number of pyridine rings is 1. The second-order valence-electron chi connectivity index (χ2n) is 6.95. The standard InChI is InChI=1S/C22H23N5O6/c1-4-32-14-9-7-13(8-10-14)25-19-15(6-5-11-24-19)21(30)33-12-16(28)17-18(23)26(2)22(31)27(3)20(17)29/h5-11H,4,12,23H2,1-3H3,(H,24,25). The third kappa shape index (κ3) is 4.92. The highest BCUT2D eigenvalue weighted by Gasteiger charge is 2.22. The van der Waals surface area contributed by atoms with Gasteiger partial charge in [0.1, 0.15) is 28.5 Å². The fourth-order valence-electron chi connectivity index (χ4n) is 3.01. The number of nitrogens with one attached hydrogen (secondary N) is 1. The van der Waals surface area contributed by atoms with Crippen molar-refractivity contribution in [1.82, 2.24) is 14.1 Å². The number of Topliss-reactive ketones (excluding diaryl/α,β-unsaturated/α-hetero) is 1. The molecule has 172 valence electrons. The summed E-state index contributed by atoms with van der Waals surface area (Å²) in [4.78, 5) is 53.6. The molecule has 2 heterocycles. The van der Waals surface area contributed by atoms with E-state index >= 15 is 0 Å². The molecule has 0 amide bonds. The van der Waals surface area contributed by atoms with Crippen molar-refractivity contribution in [2.75, 3.05) is 24.3 Å². The molecule has 33 heavy (non-hydrogen) atoms. The third-order valence-electron chi connectivity index (χ3n) is 4.78. The minimum atomic E-state index is -0.865.